The summed E-state index contributed by atoms with van der Waals surface area (Å²) in [6.45, 7) is 4.28. The number of guanidine groups is 1. The maximum atomic E-state index is 11.5. The summed E-state index contributed by atoms with van der Waals surface area (Å²) in [6.07, 6.45) is 3.77. The van der Waals surface area contributed by atoms with Crippen LogP contribution in [-0.4, -0.2) is 79.0 Å². The first-order valence-corrected chi connectivity index (χ1v) is 8.39. The highest BCUT2D eigenvalue weighted by molar-refractivity contribution is 6.01. The highest BCUT2D eigenvalue weighted by Crippen LogP contribution is 2.33. The average molecular weight is 322 g/mol. The maximum absolute atomic E-state index is 11.5. The number of carbonyl (C=O) groups is 2. The van der Waals surface area contributed by atoms with Gasteiger partial charge in [-0.1, -0.05) is 0 Å². The van der Waals surface area contributed by atoms with Crippen molar-refractivity contribution in [3.8, 4) is 0 Å². The second-order valence-electron chi connectivity index (χ2n) is 6.56. The molecular formula is C15H26N6O2. The van der Waals surface area contributed by atoms with Crippen molar-refractivity contribution in [3.63, 3.8) is 0 Å². The Morgan fingerprint density at radius 3 is 2.78 bits per heavy atom. The predicted molar refractivity (Wildman–Crippen MR) is 87.2 cm³/mol. The summed E-state index contributed by atoms with van der Waals surface area (Å²) < 4.78 is 0. The summed E-state index contributed by atoms with van der Waals surface area (Å²) in [5.74, 6) is 0.552. The van der Waals surface area contributed by atoms with Crippen molar-refractivity contribution in [3.05, 3.63) is 0 Å². The maximum Gasteiger partial charge on any atom is 0.324 e. The number of urea groups is 1. The van der Waals surface area contributed by atoms with Gasteiger partial charge in [0.2, 0.25) is 5.91 Å². The van der Waals surface area contributed by atoms with Gasteiger partial charge in [-0.3, -0.25) is 19.6 Å². The van der Waals surface area contributed by atoms with Crippen LogP contribution in [0.15, 0.2) is 4.99 Å². The van der Waals surface area contributed by atoms with E-state index in [9.17, 15) is 9.59 Å². The third-order valence-corrected chi connectivity index (χ3v) is 4.77. The fourth-order valence-electron chi connectivity index (χ4n) is 3.43. The first kappa shape index (κ1) is 16.0. The fraction of sp³-hybridized carbons (Fsp3) is 0.800. The van der Waals surface area contributed by atoms with Crippen LogP contribution in [0.1, 0.15) is 26.2 Å². The van der Waals surface area contributed by atoms with E-state index in [2.05, 4.69) is 32.8 Å². The van der Waals surface area contributed by atoms with Crippen molar-refractivity contribution in [2.24, 2.45) is 4.99 Å². The van der Waals surface area contributed by atoms with Crippen molar-refractivity contribution in [1.82, 2.24) is 25.8 Å². The summed E-state index contributed by atoms with van der Waals surface area (Å²) in [6, 6.07) is 1.48. The van der Waals surface area contributed by atoms with Gasteiger partial charge < -0.3 is 16.0 Å². The minimum Gasteiger partial charge on any atom is -0.355 e. The Kier molecular flexibility index (Phi) is 4.70. The SMILES string of the molecule is CN=C(NCCN1C(=O)CNC1=O)NC1CC(C)N(C2CC2)C1. The smallest absolute Gasteiger partial charge is 0.324 e. The molecule has 2 atom stereocenters. The number of hydrogen-bond donors (Lipinski definition) is 3. The van der Waals surface area contributed by atoms with Gasteiger partial charge in [0.25, 0.3) is 0 Å². The van der Waals surface area contributed by atoms with E-state index in [-0.39, 0.29) is 18.5 Å². The van der Waals surface area contributed by atoms with Crippen LogP contribution < -0.4 is 16.0 Å². The molecule has 3 N–H and O–H groups in total. The number of carbonyl (C=O) groups excluding carboxylic acids is 2. The number of likely N-dealkylation sites (tertiary alicyclic amines) is 1. The molecule has 3 fully saturated rings. The molecule has 1 aliphatic carbocycles. The minimum absolute atomic E-state index is 0.1000. The Hall–Kier alpha value is -1.83. The fourth-order valence-corrected chi connectivity index (χ4v) is 3.43. The van der Waals surface area contributed by atoms with Gasteiger partial charge in [0.15, 0.2) is 5.96 Å². The van der Waals surface area contributed by atoms with Gasteiger partial charge in [0.05, 0.1) is 6.54 Å². The van der Waals surface area contributed by atoms with E-state index in [1.807, 2.05) is 0 Å². The molecule has 2 saturated heterocycles. The molecule has 2 heterocycles. The Balaban J connectivity index is 1.42. The number of nitrogens with zero attached hydrogens (tertiary/aromatic N) is 3. The number of rotatable bonds is 5. The standard InChI is InChI=1S/C15H26N6O2/c1-10-7-11(9-21(10)12-3-4-12)19-14(16-2)17-5-6-20-13(22)8-18-15(20)23/h10-12H,3-9H2,1-2H3,(H,18,23)(H2,16,17,19). The molecule has 1 saturated carbocycles. The number of nitrogens with one attached hydrogen (secondary N) is 3. The lowest BCUT2D eigenvalue weighted by Gasteiger charge is -2.20. The van der Waals surface area contributed by atoms with E-state index in [1.54, 1.807) is 7.05 Å². The van der Waals surface area contributed by atoms with E-state index in [0.29, 0.717) is 25.2 Å². The Morgan fingerprint density at radius 1 is 1.39 bits per heavy atom. The average Bonchev–Trinajstić information content (AvgIpc) is 3.24. The molecular weight excluding hydrogens is 296 g/mol. The zero-order valence-corrected chi connectivity index (χ0v) is 13.8. The minimum atomic E-state index is -0.315. The molecule has 0 aromatic carbocycles. The van der Waals surface area contributed by atoms with E-state index >= 15 is 0 Å². The Bertz CT molecular complexity index is 488. The molecule has 128 valence electrons. The number of imide groups is 1. The van der Waals surface area contributed by atoms with Crippen LogP contribution in [-0.2, 0) is 4.79 Å². The molecule has 3 aliphatic rings. The highest BCUT2D eigenvalue weighted by atomic mass is 16.2. The van der Waals surface area contributed by atoms with Gasteiger partial charge in [0.1, 0.15) is 0 Å². The lowest BCUT2D eigenvalue weighted by Crippen LogP contribution is -2.47. The molecule has 0 aromatic rings. The summed E-state index contributed by atoms with van der Waals surface area (Å²) in [7, 11) is 1.74. The molecule has 3 amide bonds. The number of aliphatic imine (C=N–C) groups is 1. The largest absolute Gasteiger partial charge is 0.355 e. The molecule has 2 unspecified atom stereocenters. The lowest BCUT2D eigenvalue weighted by atomic mass is 10.2. The van der Waals surface area contributed by atoms with Gasteiger partial charge >= 0.3 is 6.03 Å². The zero-order valence-electron chi connectivity index (χ0n) is 13.8. The van der Waals surface area contributed by atoms with Crippen LogP contribution in [0.3, 0.4) is 0 Å². The monoisotopic (exact) mass is 322 g/mol. The third-order valence-electron chi connectivity index (χ3n) is 4.77. The van der Waals surface area contributed by atoms with Crippen LogP contribution in [0.4, 0.5) is 4.79 Å². The van der Waals surface area contributed by atoms with Crippen molar-refractivity contribution >= 4 is 17.9 Å². The van der Waals surface area contributed by atoms with Crippen LogP contribution in [0, 0.1) is 0 Å². The molecule has 8 nitrogen and oxygen atoms in total. The van der Waals surface area contributed by atoms with Crippen molar-refractivity contribution < 1.29 is 9.59 Å². The zero-order chi connectivity index (χ0) is 16.4. The van der Waals surface area contributed by atoms with E-state index in [4.69, 9.17) is 0 Å². The van der Waals surface area contributed by atoms with Crippen LogP contribution in [0.2, 0.25) is 0 Å². The molecule has 2 aliphatic heterocycles. The predicted octanol–water partition coefficient (Wildman–Crippen LogP) is -0.672. The molecule has 0 bridgehead atoms. The summed E-state index contributed by atoms with van der Waals surface area (Å²) in [5, 5.41) is 9.15. The number of amides is 3. The van der Waals surface area contributed by atoms with Gasteiger partial charge in [-0.2, -0.15) is 0 Å². The normalized spacial score (nSPS) is 29.1. The van der Waals surface area contributed by atoms with E-state index in [1.165, 1.54) is 17.7 Å². The van der Waals surface area contributed by atoms with Gasteiger partial charge in [-0.25, -0.2) is 4.79 Å². The van der Waals surface area contributed by atoms with Crippen molar-refractivity contribution in [1.29, 1.82) is 0 Å². The first-order chi connectivity index (χ1) is 11.1. The molecule has 3 rings (SSSR count). The van der Waals surface area contributed by atoms with Crippen molar-refractivity contribution in [2.75, 3.05) is 33.2 Å². The second kappa shape index (κ2) is 6.74. The van der Waals surface area contributed by atoms with Gasteiger partial charge in [-0.15, -0.1) is 0 Å². The summed E-state index contributed by atoms with van der Waals surface area (Å²) in [4.78, 5) is 31.0. The molecule has 0 radical (unpaired) electrons. The van der Waals surface area contributed by atoms with Gasteiger partial charge in [-0.05, 0) is 26.2 Å². The van der Waals surface area contributed by atoms with Crippen molar-refractivity contribution in [2.45, 2.75) is 44.3 Å². The summed E-state index contributed by atoms with van der Waals surface area (Å²) in [5.41, 5.74) is 0. The first-order valence-electron chi connectivity index (χ1n) is 8.39. The van der Waals surface area contributed by atoms with Crippen LogP contribution in [0.5, 0.6) is 0 Å². The van der Waals surface area contributed by atoms with Crippen LogP contribution >= 0.6 is 0 Å². The molecule has 23 heavy (non-hydrogen) atoms. The van der Waals surface area contributed by atoms with E-state index < -0.39 is 0 Å². The van der Waals surface area contributed by atoms with Crippen LogP contribution in [0.25, 0.3) is 0 Å². The highest BCUT2D eigenvalue weighted by Gasteiger charge is 2.38. The molecule has 0 aromatic heterocycles. The lowest BCUT2D eigenvalue weighted by molar-refractivity contribution is -0.124. The quantitative estimate of drug-likeness (QED) is 0.355. The number of hydrogen-bond acceptors (Lipinski definition) is 4. The Morgan fingerprint density at radius 2 is 2.17 bits per heavy atom. The third kappa shape index (κ3) is 3.74. The summed E-state index contributed by atoms with van der Waals surface area (Å²) >= 11 is 0. The topological polar surface area (TPSA) is 89.1 Å². The second-order valence-corrected chi connectivity index (χ2v) is 6.56. The Labute approximate surface area is 136 Å². The van der Waals surface area contributed by atoms with E-state index in [0.717, 1.165) is 25.0 Å². The molecule has 8 heteroatoms. The van der Waals surface area contributed by atoms with Gasteiger partial charge in [0, 0.05) is 44.8 Å². The molecule has 0 spiro atoms.